The van der Waals surface area contributed by atoms with Gasteiger partial charge in [-0.15, -0.1) is 0 Å². The third kappa shape index (κ3) is 4.18. The fourth-order valence-corrected chi connectivity index (χ4v) is 3.97. The van der Waals surface area contributed by atoms with E-state index >= 15 is 0 Å². The van der Waals surface area contributed by atoms with E-state index in [-0.39, 0.29) is 11.8 Å². The topological polar surface area (TPSA) is 45.5 Å². The molecule has 0 aliphatic carbocycles. The minimum absolute atomic E-state index is 0.168. The molecule has 1 amide bonds. The number of rotatable bonds is 5. The standard InChI is InChI=1S/C24H26N2O2/c27-23(18-19-8-10-22(11-9-19)25-14-4-5-15-25)26-16-12-21(13-17-26)24(28)20-6-2-1-3-7-20/h1-11,14-15,21,24,28H,12-13,16-18H2. The van der Waals surface area contributed by atoms with Gasteiger partial charge in [-0.25, -0.2) is 0 Å². The van der Waals surface area contributed by atoms with Gasteiger partial charge >= 0.3 is 0 Å². The first-order valence-corrected chi connectivity index (χ1v) is 9.94. The molecule has 4 heteroatoms. The largest absolute Gasteiger partial charge is 0.388 e. The number of likely N-dealkylation sites (tertiary alicyclic amines) is 1. The molecule has 2 heterocycles. The van der Waals surface area contributed by atoms with E-state index < -0.39 is 6.10 Å². The number of nitrogens with zero attached hydrogens (tertiary/aromatic N) is 2. The molecule has 1 aliphatic rings. The van der Waals surface area contributed by atoms with Gasteiger partial charge in [0.2, 0.25) is 5.91 Å². The van der Waals surface area contributed by atoms with Crippen LogP contribution in [0.5, 0.6) is 0 Å². The second kappa shape index (κ2) is 8.44. The van der Waals surface area contributed by atoms with Gasteiger partial charge < -0.3 is 14.6 Å². The number of aliphatic hydroxyl groups excluding tert-OH is 1. The first-order chi connectivity index (χ1) is 13.7. The van der Waals surface area contributed by atoms with E-state index in [1.54, 1.807) is 0 Å². The molecule has 1 atom stereocenters. The lowest BCUT2D eigenvalue weighted by molar-refractivity contribution is -0.132. The molecule has 144 valence electrons. The van der Waals surface area contributed by atoms with Gasteiger partial charge in [-0.1, -0.05) is 42.5 Å². The van der Waals surface area contributed by atoms with Crippen LogP contribution in [0.15, 0.2) is 79.1 Å². The Labute approximate surface area is 166 Å². The molecule has 4 rings (SSSR count). The van der Waals surface area contributed by atoms with E-state index in [0.717, 1.165) is 42.7 Å². The van der Waals surface area contributed by atoms with E-state index in [1.807, 2.05) is 84.0 Å². The van der Waals surface area contributed by atoms with E-state index in [2.05, 4.69) is 4.57 Å². The van der Waals surface area contributed by atoms with Crippen molar-refractivity contribution in [1.82, 2.24) is 9.47 Å². The molecule has 4 nitrogen and oxygen atoms in total. The van der Waals surface area contributed by atoms with Crippen LogP contribution in [0.4, 0.5) is 0 Å². The van der Waals surface area contributed by atoms with Crippen molar-refractivity contribution < 1.29 is 9.90 Å². The quantitative estimate of drug-likeness (QED) is 0.734. The Hall–Kier alpha value is -2.85. The van der Waals surface area contributed by atoms with Crippen molar-refractivity contribution >= 4 is 5.91 Å². The SMILES string of the molecule is O=C(Cc1ccc(-n2cccc2)cc1)N1CCC(C(O)c2ccccc2)CC1. The van der Waals surface area contributed by atoms with Crippen LogP contribution >= 0.6 is 0 Å². The van der Waals surface area contributed by atoms with E-state index in [0.29, 0.717) is 6.42 Å². The van der Waals surface area contributed by atoms with Crippen LogP contribution in [0, 0.1) is 5.92 Å². The van der Waals surface area contributed by atoms with Crippen molar-refractivity contribution in [3.8, 4) is 5.69 Å². The highest BCUT2D eigenvalue weighted by molar-refractivity contribution is 5.79. The number of carbonyl (C=O) groups is 1. The van der Waals surface area contributed by atoms with Crippen LogP contribution in [0.25, 0.3) is 5.69 Å². The van der Waals surface area contributed by atoms with Gasteiger partial charge in [-0.2, -0.15) is 0 Å². The number of aromatic nitrogens is 1. The molecule has 2 aromatic carbocycles. The molecule has 1 aromatic heterocycles. The van der Waals surface area contributed by atoms with Crippen molar-refractivity contribution in [2.75, 3.05) is 13.1 Å². The van der Waals surface area contributed by atoms with Gasteiger partial charge in [0, 0.05) is 31.2 Å². The summed E-state index contributed by atoms with van der Waals surface area (Å²) in [4.78, 5) is 14.6. The summed E-state index contributed by atoms with van der Waals surface area (Å²) < 4.78 is 2.05. The molecular weight excluding hydrogens is 348 g/mol. The highest BCUT2D eigenvalue weighted by atomic mass is 16.3. The molecule has 1 unspecified atom stereocenters. The molecule has 1 aliphatic heterocycles. The van der Waals surface area contributed by atoms with Crippen LogP contribution in [0.3, 0.4) is 0 Å². The number of benzene rings is 2. The molecule has 1 N–H and O–H groups in total. The summed E-state index contributed by atoms with van der Waals surface area (Å²) in [6.07, 6.45) is 5.68. The van der Waals surface area contributed by atoms with Crippen LogP contribution in [0.1, 0.15) is 30.1 Å². The number of carbonyl (C=O) groups excluding carboxylic acids is 1. The molecule has 0 saturated carbocycles. The first kappa shape index (κ1) is 18.5. The van der Waals surface area contributed by atoms with Crippen molar-refractivity contribution in [1.29, 1.82) is 0 Å². The predicted molar refractivity (Wildman–Crippen MR) is 110 cm³/mol. The maximum Gasteiger partial charge on any atom is 0.226 e. The van der Waals surface area contributed by atoms with E-state index in [1.165, 1.54) is 0 Å². The zero-order valence-electron chi connectivity index (χ0n) is 15.9. The van der Waals surface area contributed by atoms with Crippen molar-refractivity contribution in [2.24, 2.45) is 5.92 Å². The van der Waals surface area contributed by atoms with Gasteiger partial charge in [-0.05, 0) is 54.2 Å². The third-order valence-electron chi connectivity index (χ3n) is 5.67. The summed E-state index contributed by atoms with van der Waals surface area (Å²) in [5, 5.41) is 10.6. The normalized spacial score (nSPS) is 16.1. The number of amides is 1. The maximum atomic E-state index is 12.7. The highest BCUT2D eigenvalue weighted by Crippen LogP contribution is 2.30. The van der Waals surface area contributed by atoms with Crippen molar-refractivity contribution in [2.45, 2.75) is 25.4 Å². The number of piperidine rings is 1. The van der Waals surface area contributed by atoms with Crippen molar-refractivity contribution in [3.63, 3.8) is 0 Å². The average molecular weight is 374 g/mol. The fourth-order valence-electron chi connectivity index (χ4n) is 3.97. The van der Waals surface area contributed by atoms with E-state index in [4.69, 9.17) is 0 Å². The molecule has 0 radical (unpaired) electrons. The van der Waals surface area contributed by atoms with Gasteiger partial charge in [-0.3, -0.25) is 4.79 Å². The Bertz CT molecular complexity index is 880. The number of hydrogen-bond acceptors (Lipinski definition) is 2. The van der Waals surface area contributed by atoms with Crippen LogP contribution < -0.4 is 0 Å². The van der Waals surface area contributed by atoms with Crippen LogP contribution in [-0.4, -0.2) is 33.6 Å². The Morgan fingerprint density at radius 1 is 0.929 bits per heavy atom. The number of hydrogen-bond donors (Lipinski definition) is 1. The monoisotopic (exact) mass is 374 g/mol. The minimum Gasteiger partial charge on any atom is -0.388 e. The smallest absolute Gasteiger partial charge is 0.226 e. The first-order valence-electron chi connectivity index (χ1n) is 9.94. The molecule has 1 fully saturated rings. The van der Waals surface area contributed by atoms with Crippen molar-refractivity contribution in [3.05, 3.63) is 90.3 Å². The summed E-state index contributed by atoms with van der Waals surface area (Å²) in [5.41, 5.74) is 3.10. The molecule has 0 bridgehead atoms. The third-order valence-corrected chi connectivity index (χ3v) is 5.67. The maximum absolute atomic E-state index is 12.7. The molecule has 3 aromatic rings. The summed E-state index contributed by atoms with van der Waals surface area (Å²) in [5.74, 6) is 0.383. The second-order valence-corrected chi connectivity index (χ2v) is 7.51. The molecule has 1 saturated heterocycles. The Kier molecular flexibility index (Phi) is 5.58. The van der Waals surface area contributed by atoms with E-state index in [9.17, 15) is 9.90 Å². The molecule has 28 heavy (non-hydrogen) atoms. The molecule has 0 spiro atoms. The minimum atomic E-state index is -0.445. The van der Waals surface area contributed by atoms with Gasteiger partial charge in [0.05, 0.1) is 12.5 Å². The Morgan fingerprint density at radius 2 is 1.57 bits per heavy atom. The molecular formula is C24H26N2O2. The summed E-state index contributed by atoms with van der Waals surface area (Å²) in [6.45, 7) is 1.43. The average Bonchev–Trinajstić information content (AvgIpc) is 3.29. The predicted octanol–water partition coefficient (Wildman–Crippen LogP) is 3.99. The number of aliphatic hydroxyl groups is 1. The lowest BCUT2D eigenvalue weighted by Gasteiger charge is -2.34. The zero-order valence-corrected chi connectivity index (χ0v) is 15.9. The highest BCUT2D eigenvalue weighted by Gasteiger charge is 2.28. The Morgan fingerprint density at radius 3 is 2.21 bits per heavy atom. The lowest BCUT2D eigenvalue weighted by Crippen LogP contribution is -2.40. The summed E-state index contributed by atoms with van der Waals surface area (Å²) in [7, 11) is 0. The van der Waals surface area contributed by atoms with Crippen LogP contribution in [0.2, 0.25) is 0 Å². The summed E-state index contributed by atoms with van der Waals surface area (Å²) >= 11 is 0. The Balaban J connectivity index is 1.30. The second-order valence-electron chi connectivity index (χ2n) is 7.51. The zero-order chi connectivity index (χ0) is 19.3. The lowest BCUT2D eigenvalue weighted by atomic mass is 9.87. The summed E-state index contributed by atoms with van der Waals surface area (Å²) in [6, 6.07) is 22.0. The fraction of sp³-hybridized carbons (Fsp3) is 0.292. The van der Waals surface area contributed by atoms with Gasteiger partial charge in [0.1, 0.15) is 0 Å². The van der Waals surface area contributed by atoms with Gasteiger partial charge in [0.25, 0.3) is 0 Å². The van der Waals surface area contributed by atoms with Gasteiger partial charge in [0.15, 0.2) is 0 Å². The van der Waals surface area contributed by atoms with Crippen LogP contribution in [-0.2, 0) is 11.2 Å².